The second-order valence-corrected chi connectivity index (χ2v) is 15.2. The zero-order valence-corrected chi connectivity index (χ0v) is 21.4. The first kappa shape index (κ1) is 25.7. The molecule has 0 bridgehead atoms. The second kappa shape index (κ2) is 9.76. The molecule has 0 atom stereocenters. The molecule has 9 nitrogen and oxygen atoms in total. The van der Waals surface area contributed by atoms with E-state index in [0.29, 0.717) is 30.9 Å². The lowest BCUT2D eigenvalue weighted by atomic mass is 10.1. The van der Waals surface area contributed by atoms with E-state index in [1.807, 2.05) is 25.1 Å². The number of anilines is 1. The summed E-state index contributed by atoms with van der Waals surface area (Å²) in [5.74, 6) is 0.646. The van der Waals surface area contributed by atoms with E-state index in [1.54, 1.807) is 13.8 Å². The summed E-state index contributed by atoms with van der Waals surface area (Å²) in [5, 5.41) is 8.40. The number of nitrogens with one attached hydrogen (secondary N) is 2. The monoisotopic (exact) mass is 515 g/mol. The van der Waals surface area contributed by atoms with Gasteiger partial charge in [-0.25, -0.2) is 26.7 Å². The van der Waals surface area contributed by atoms with Gasteiger partial charge in [0.2, 0.25) is 20.0 Å². The van der Waals surface area contributed by atoms with E-state index in [4.69, 9.17) is 9.88 Å². The van der Waals surface area contributed by atoms with Crippen LogP contribution < -0.4 is 19.9 Å². The number of sulfonamides is 2. The van der Waals surface area contributed by atoms with Crippen LogP contribution in [0.2, 0.25) is 0 Å². The second-order valence-electron chi connectivity index (χ2n) is 8.51. The Balaban J connectivity index is 1.84. The molecule has 0 unspecified atom stereocenters. The van der Waals surface area contributed by atoms with Gasteiger partial charge in [0, 0.05) is 30.5 Å². The highest BCUT2D eigenvalue weighted by molar-refractivity contribution is 7.90. The molecule has 1 aliphatic rings. The zero-order chi connectivity index (χ0) is 24.4. The molecule has 1 aliphatic heterocycles. The van der Waals surface area contributed by atoms with Gasteiger partial charge in [0.25, 0.3) is 0 Å². The van der Waals surface area contributed by atoms with Crippen LogP contribution in [-0.2, 0) is 31.2 Å². The normalized spacial score (nSPS) is 21.5. The van der Waals surface area contributed by atoms with E-state index in [2.05, 4.69) is 10.0 Å². The van der Waals surface area contributed by atoms with E-state index in [0.717, 1.165) is 17.2 Å². The topological polar surface area (TPSA) is 145 Å². The van der Waals surface area contributed by atoms with Gasteiger partial charge in [-0.15, -0.1) is 0 Å². The molecule has 4 N–H and O–H groups in total. The summed E-state index contributed by atoms with van der Waals surface area (Å²) in [6.45, 7) is 3.91. The van der Waals surface area contributed by atoms with Gasteiger partial charge >= 0.3 is 0 Å². The fraction of sp³-hybridized carbons (Fsp3) is 0.429. The number of hydrogen-bond donors (Lipinski definition) is 3. The highest BCUT2D eigenvalue weighted by atomic mass is 32.2. The smallest absolute Gasteiger partial charge is 0.240 e. The molecule has 33 heavy (non-hydrogen) atoms. The summed E-state index contributed by atoms with van der Waals surface area (Å²) in [4.78, 5) is -0.520. The molecule has 2 aromatic rings. The first-order valence-corrected chi connectivity index (χ1v) is 16.0. The number of rotatable bonds is 8. The number of methoxy groups -OCH3 is 1. The molecule has 1 heterocycles. The van der Waals surface area contributed by atoms with Crippen LogP contribution in [0.25, 0.3) is 0 Å². The summed E-state index contributed by atoms with van der Waals surface area (Å²) < 4.78 is 70.4. The molecular formula is C21H30N3O6PS2. The molecule has 182 valence electrons. The van der Waals surface area contributed by atoms with Crippen LogP contribution in [0, 0.1) is 6.92 Å². The van der Waals surface area contributed by atoms with Gasteiger partial charge in [-0.3, -0.25) is 0 Å². The van der Waals surface area contributed by atoms with Crippen LogP contribution in [0.15, 0.2) is 46.2 Å². The Morgan fingerprint density at radius 2 is 1.76 bits per heavy atom. The van der Waals surface area contributed by atoms with Crippen molar-refractivity contribution in [3.05, 3.63) is 47.5 Å². The predicted octanol–water partition coefficient (Wildman–Crippen LogP) is 2.70. The van der Waals surface area contributed by atoms with Crippen molar-refractivity contribution < 1.29 is 26.1 Å². The lowest BCUT2D eigenvalue weighted by Gasteiger charge is -2.27. The molecule has 0 aliphatic carbocycles. The van der Waals surface area contributed by atoms with Crippen molar-refractivity contribution >= 4 is 32.9 Å². The van der Waals surface area contributed by atoms with Crippen LogP contribution in [-0.4, -0.2) is 49.0 Å². The minimum atomic E-state index is -4.21. The Morgan fingerprint density at radius 3 is 2.36 bits per heavy atom. The summed E-state index contributed by atoms with van der Waals surface area (Å²) in [6.07, 6.45) is 1.92. The zero-order valence-electron chi connectivity index (χ0n) is 18.9. The summed E-state index contributed by atoms with van der Waals surface area (Å²) in [6, 6.07) is 9.06. The summed E-state index contributed by atoms with van der Waals surface area (Å²) in [7, 11) is -8.84. The largest absolute Gasteiger partial charge is 0.496 e. The van der Waals surface area contributed by atoms with Crippen LogP contribution >= 0.6 is 7.14 Å². The molecule has 0 saturated carbocycles. The summed E-state index contributed by atoms with van der Waals surface area (Å²) in [5.41, 5.74) is 2.00. The molecule has 3 rings (SSSR count). The molecule has 1 fully saturated rings. The van der Waals surface area contributed by atoms with E-state index in [1.165, 1.54) is 12.1 Å². The minimum Gasteiger partial charge on any atom is -0.496 e. The quantitative estimate of drug-likeness (QED) is 0.458. The summed E-state index contributed by atoms with van der Waals surface area (Å²) >= 11 is 0. The van der Waals surface area contributed by atoms with Crippen molar-refractivity contribution in [1.82, 2.24) is 4.72 Å². The maximum atomic E-state index is 12.9. The average molecular weight is 516 g/mol. The van der Waals surface area contributed by atoms with Crippen molar-refractivity contribution in [2.24, 2.45) is 5.14 Å². The van der Waals surface area contributed by atoms with Gasteiger partial charge in [0.15, 0.2) is 0 Å². The van der Waals surface area contributed by atoms with E-state index in [9.17, 15) is 21.4 Å². The third kappa shape index (κ3) is 6.58. The number of nitrogens with two attached hydrogens (primary N) is 1. The molecule has 1 saturated heterocycles. The van der Waals surface area contributed by atoms with Crippen LogP contribution in [0.4, 0.5) is 5.69 Å². The van der Waals surface area contributed by atoms with Gasteiger partial charge in [-0.1, -0.05) is 12.1 Å². The van der Waals surface area contributed by atoms with Gasteiger partial charge < -0.3 is 14.6 Å². The van der Waals surface area contributed by atoms with Crippen molar-refractivity contribution in [2.45, 2.75) is 42.1 Å². The maximum absolute atomic E-state index is 12.9. The Kier molecular flexibility index (Phi) is 7.60. The van der Waals surface area contributed by atoms with Crippen LogP contribution in [0.3, 0.4) is 0 Å². The lowest BCUT2D eigenvalue weighted by Crippen LogP contribution is -2.38. The first-order chi connectivity index (χ1) is 15.3. The fourth-order valence-corrected chi connectivity index (χ4v) is 7.84. The highest BCUT2D eigenvalue weighted by Crippen LogP contribution is 2.46. The molecule has 12 heteroatoms. The van der Waals surface area contributed by atoms with Gasteiger partial charge in [-0.2, -0.15) is 0 Å². The Hall–Kier alpha value is -1.91. The average Bonchev–Trinajstić information content (AvgIpc) is 2.73. The molecular weight excluding hydrogens is 485 g/mol. The third-order valence-corrected chi connectivity index (χ3v) is 10.6. The lowest BCUT2D eigenvalue weighted by molar-refractivity contribution is 0.410. The number of aryl methyl sites for hydroxylation is 1. The van der Waals surface area contributed by atoms with Gasteiger partial charge in [-0.05, 0) is 56.3 Å². The molecule has 0 radical (unpaired) electrons. The Morgan fingerprint density at radius 1 is 1.09 bits per heavy atom. The van der Waals surface area contributed by atoms with Gasteiger partial charge in [0.05, 0.1) is 24.8 Å². The number of primary sulfonamides is 1. The van der Waals surface area contributed by atoms with E-state index >= 15 is 0 Å². The van der Waals surface area contributed by atoms with E-state index in [-0.39, 0.29) is 28.1 Å². The first-order valence-electron chi connectivity index (χ1n) is 10.4. The Labute approximate surface area is 195 Å². The van der Waals surface area contributed by atoms with E-state index < -0.39 is 27.2 Å². The SMILES string of the molecule is COc1cc(C)ccc1CNc1ccc(S(=O)(=O)NC2CCP(C)(=O)CC2)cc1S(N)(=O)=O. The third-order valence-electron chi connectivity index (χ3n) is 5.70. The molecule has 2 aromatic carbocycles. The molecule has 0 aromatic heterocycles. The van der Waals surface area contributed by atoms with Crippen molar-refractivity contribution in [3.8, 4) is 5.75 Å². The van der Waals surface area contributed by atoms with Crippen molar-refractivity contribution in [1.29, 1.82) is 0 Å². The van der Waals surface area contributed by atoms with Crippen molar-refractivity contribution in [2.75, 3.05) is 31.4 Å². The standard InChI is InChI=1S/C21H30N3O6PS2/c1-15-4-5-16(20(12-15)30-2)14-23-19-7-6-18(13-21(19)32(22,26)27)33(28,29)24-17-8-10-31(3,25)11-9-17/h4-7,12-13,17,23-24H,8-11,14H2,1-3H3,(H2,22,26,27). The highest BCUT2D eigenvalue weighted by Gasteiger charge is 2.29. The van der Waals surface area contributed by atoms with Gasteiger partial charge in [0.1, 0.15) is 10.6 Å². The number of benzene rings is 2. The van der Waals surface area contributed by atoms with Crippen molar-refractivity contribution in [3.63, 3.8) is 0 Å². The van der Waals surface area contributed by atoms with Crippen LogP contribution in [0.1, 0.15) is 24.0 Å². The fourth-order valence-electron chi connectivity index (χ4n) is 3.76. The Bertz CT molecular complexity index is 1280. The maximum Gasteiger partial charge on any atom is 0.240 e. The predicted molar refractivity (Wildman–Crippen MR) is 129 cm³/mol. The minimum absolute atomic E-state index is 0.184. The molecule has 0 spiro atoms. The number of hydrogen-bond acceptors (Lipinski definition) is 7. The number of ether oxygens (including phenoxy) is 1. The molecule has 0 amide bonds. The van der Waals surface area contributed by atoms with Crippen LogP contribution in [0.5, 0.6) is 5.75 Å².